The zero-order chi connectivity index (χ0) is 24.7. The molecule has 2 aromatic rings. The number of aromatic amines is 1. The number of unbranched alkanes of at least 4 members (excludes halogenated alkanes) is 13. The summed E-state index contributed by atoms with van der Waals surface area (Å²) in [5.74, 6) is 0.167. The average Bonchev–Trinajstić information content (AvgIpc) is 3.22. The number of nitrogens with one attached hydrogen (secondary N) is 2. The summed E-state index contributed by atoms with van der Waals surface area (Å²) in [5.41, 5.74) is 2.27. The van der Waals surface area contributed by atoms with Crippen molar-refractivity contribution >= 4 is 16.8 Å². The number of hydrogen-bond acceptors (Lipinski definition) is 1. The first-order valence-electron chi connectivity index (χ1n) is 14.1. The van der Waals surface area contributed by atoms with Gasteiger partial charge in [0.25, 0.3) is 5.91 Å². The second kappa shape index (κ2) is 16.0. The summed E-state index contributed by atoms with van der Waals surface area (Å²) in [6.07, 6.45) is 19.7. The fraction of sp³-hybridized carbons (Fsp3) is 0.700. The van der Waals surface area contributed by atoms with E-state index in [1.807, 2.05) is 6.07 Å². The number of rotatable bonds is 19. The highest BCUT2D eigenvalue weighted by atomic mass is 16.2. The van der Waals surface area contributed by atoms with Gasteiger partial charge >= 0.3 is 0 Å². The predicted molar refractivity (Wildman–Crippen MR) is 147 cm³/mol. The number of para-hydroxylation sites is 1. The largest absolute Gasteiger partial charge is 0.358 e. The van der Waals surface area contributed by atoms with Crippen molar-refractivity contribution in [2.75, 3.05) is 27.7 Å². The van der Waals surface area contributed by atoms with E-state index < -0.39 is 0 Å². The number of likely N-dealkylation sites (N-methyl/N-ethyl adjacent to an activating group) is 1. The van der Waals surface area contributed by atoms with Crippen LogP contribution in [0.1, 0.15) is 103 Å². The fourth-order valence-electron chi connectivity index (χ4n) is 4.82. The number of nitrogens with zero attached hydrogens (tertiary/aromatic N) is 1. The molecular weight excluding hydrogens is 418 g/mol. The number of quaternary nitrogens is 1. The molecule has 34 heavy (non-hydrogen) atoms. The van der Waals surface area contributed by atoms with Crippen LogP contribution in [-0.2, 0) is 11.2 Å². The maximum absolute atomic E-state index is 13.0. The van der Waals surface area contributed by atoms with Gasteiger partial charge in [-0.15, -0.1) is 0 Å². The molecule has 0 bridgehead atoms. The van der Waals surface area contributed by atoms with Crippen molar-refractivity contribution < 1.29 is 9.28 Å². The number of carbonyl (C=O) groups is 1. The molecular formula is C30H52N3O+. The van der Waals surface area contributed by atoms with Gasteiger partial charge in [-0.25, -0.2) is 0 Å². The fourth-order valence-corrected chi connectivity index (χ4v) is 4.82. The summed E-state index contributed by atoms with van der Waals surface area (Å²) in [6, 6.07) is 10.4. The second-order valence-corrected chi connectivity index (χ2v) is 11.1. The molecule has 1 aromatic carbocycles. The first-order chi connectivity index (χ1) is 16.4. The summed E-state index contributed by atoms with van der Waals surface area (Å²) in [6.45, 7) is 3.07. The van der Waals surface area contributed by atoms with Gasteiger partial charge in [-0.05, 0) is 23.9 Å². The molecule has 4 nitrogen and oxygen atoms in total. The Balaban J connectivity index is 1.55. The Morgan fingerprint density at radius 2 is 1.35 bits per heavy atom. The first kappa shape index (κ1) is 28.4. The van der Waals surface area contributed by atoms with Gasteiger partial charge in [0, 0.05) is 24.2 Å². The van der Waals surface area contributed by atoms with E-state index >= 15 is 0 Å². The Labute approximate surface area is 209 Å². The highest BCUT2D eigenvalue weighted by Crippen LogP contribution is 2.18. The molecule has 192 valence electrons. The molecule has 2 rings (SSSR count). The van der Waals surface area contributed by atoms with E-state index in [0.29, 0.717) is 4.48 Å². The number of aromatic nitrogens is 1. The molecule has 4 heteroatoms. The van der Waals surface area contributed by atoms with Crippen molar-refractivity contribution in [3.63, 3.8) is 0 Å². The van der Waals surface area contributed by atoms with Crippen LogP contribution in [0.25, 0.3) is 10.9 Å². The Hall–Kier alpha value is -1.81. The van der Waals surface area contributed by atoms with Crippen LogP contribution in [0.15, 0.2) is 30.3 Å². The highest BCUT2D eigenvalue weighted by Gasteiger charge is 2.32. The zero-order valence-electron chi connectivity index (χ0n) is 22.6. The van der Waals surface area contributed by atoms with Gasteiger partial charge in [-0.2, -0.15) is 0 Å². The van der Waals surface area contributed by atoms with Gasteiger partial charge in [0.1, 0.15) is 0 Å². The van der Waals surface area contributed by atoms with E-state index in [0.717, 1.165) is 30.6 Å². The van der Waals surface area contributed by atoms with Gasteiger partial charge in [-0.1, -0.05) is 109 Å². The van der Waals surface area contributed by atoms with Crippen LogP contribution in [0.4, 0.5) is 0 Å². The standard InChI is InChI=1S/C30H51N3O/c1-5-6-7-8-9-10-11-12-13-14-15-16-17-20-23-31-30(34)29(33(2,3)4)25-27-24-26-21-18-19-22-28(26)32-27/h18-19,21-22,24,29,32H,5-17,20,23,25H2,1-4H3/p+1. The van der Waals surface area contributed by atoms with Crippen molar-refractivity contribution in [1.82, 2.24) is 10.3 Å². The third-order valence-electron chi connectivity index (χ3n) is 7.07. The summed E-state index contributed by atoms with van der Waals surface area (Å²) < 4.78 is 0.625. The van der Waals surface area contributed by atoms with Crippen LogP contribution in [-0.4, -0.2) is 49.1 Å². The molecule has 1 atom stereocenters. The lowest BCUT2D eigenvalue weighted by Crippen LogP contribution is -2.55. The maximum atomic E-state index is 13.0. The Kier molecular flexibility index (Phi) is 13.4. The molecule has 0 aliphatic rings. The summed E-state index contributed by atoms with van der Waals surface area (Å²) in [4.78, 5) is 16.5. The molecule has 2 N–H and O–H groups in total. The quantitative estimate of drug-likeness (QED) is 0.163. The van der Waals surface area contributed by atoms with Gasteiger partial charge < -0.3 is 14.8 Å². The maximum Gasteiger partial charge on any atom is 0.278 e. The van der Waals surface area contributed by atoms with Crippen LogP contribution >= 0.6 is 0 Å². The minimum absolute atomic E-state index is 0.0975. The molecule has 0 radical (unpaired) electrons. The molecule has 1 amide bonds. The van der Waals surface area contributed by atoms with Crippen molar-refractivity contribution in [2.24, 2.45) is 0 Å². The van der Waals surface area contributed by atoms with Crippen LogP contribution in [0.2, 0.25) is 0 Å². The van der Waals surface area contributed by atoms with E-state index in [-0.39, 0.29) is 11.9 Å². The van der Waals surface area contributed by atoms with E-state index in [1.54, 1.807) is 0 Å². The minimum Gasteiger partial charge on any atom is -0.358 e. The monoisotopic (exact) mass is 470 g/mol. The normalized spacial score (nSPS) is 12.8. The van der Waals surface area contributed by atoms with Crippen molar-refractivity contribution in [3.8, 4) is 0 Å². The Bertz CT molecular complexity index is 772. The summed E-state index contributed by atoms with van der Waals surface area (Å²) in [5, 5.41) is 4.43. The van der Waals surface area contributed by atoms with E-state index in [2.05, 4.69) is 62.6 Å². The second-order valence-electron chi connectivity index (χ2n) is 11.1. The van der Waals surface area contributed by atoms with Gasteiger partial charge in [-0.3, -0.25) is 4.79 Å². The third-order valence-corrected chi connectivity index (χ3v) is 7.07. The van der Waals surface area contributed by atoms with Crippen LogP contribution in [0.5, 0.6) is 0 Å². The molecule has 1 heterocycles. The summed E-state index contributed by atoms with van der Waals surface area (Å²) >= 11 is 0. The number of amides is 1. The molecule has 0 spiro atoms. The number of hydrogen-bond donors (Lipinski definition) is 2. The first-order valence-corrected chi connectivity index (χ1v) is 14.1. The average molecular weight is 471 g/mol. The van der Waals surface area contributed by atoms with E-state index in [4.69, 9.17) is 0 Å². The third kappa shape index (κ3) is 11.1. The topological polar surface area (TPSA) is 44.9 Å². The van der Waals surface area contributed by atoms with Crippen LogP contribution < -0.4 is 5.32 Å². The van der Waals surface area contributed by atoms with Crippen LogP contribution in [0, 0.1) is 0 Å². The smallest absolute Gasteiger partial charge is 0.278 e. The molecule has 0 aliphatic carbocycles. The molecule has 1 aromatic heterocycles. The van der Waals surface area contributed by atoms with Gasteiger partial charge in [0.2, 0.25) is 0 Å². The molecule has 1 unspecified atom stereocenters. The number of benzene rings is 1. The minimum atomic E-state index is -0.0975. The number of H-pyrrole nitrogens is 1. The van der Waals surface area contributed by atoms with E-state index in [9.17, 15) is 4.79 Å². The lowest BCUT2D eigenvalue weighted by molar-refractivity contribution is -0.886. The number of carbonyl (C=O) groups excluding carboxylic acids is 1. The Morgan fingerprint density at radius 1 is 0.824 bits per heavy atom. The van der Waals surface area contributed by atoms with Crippen molar-refractivity contribution in [1.29, 1.82) is 0 Å². The summed E-state index contributed by atoms with van der Waals surface area (Å²) in [7, 11) is 6.33. The lowest BCUT2D eigenvalue weighted by Gasteiger charge is -2.33. The number of fused-ring (bicyclic) bond motifs is 1. The lowest BCUT2D eigenvalue weighted by atomic mass is 10.0. The van der Waals surface area contributed by atoms with Crippen molar-refractivity contribution in [3.05, 3.63) is 36.0 Å². The van der Waals surface area contributed by atoms with Crippen molar-refractivity contribution in [2.45, 2.75) is 109 Å². The molecule has 0 saturated carbocycles. The molecule has 0 fully saturated rings. The van der Waals surface area contributed by atoms with Crippen LogP contribution in [0.3, 0.4) is 0 Å². The van der Waals surface area contributed by atoms with E-state index in [1.165, 1.54) is 88.9 Å². The molecule has 0 saturated heterocycles. The zero-order valence-corrected chi connectivity index (χ0v) is 22.6. The highest BCUT2D eigenvalue weighted by molar-refractivity contribution is 5.82. The molecule has 0 aliphatic heterocycles. The predicted octanol–water partition coefficient (Wildman–Crippen LogP) is 7.38. The van der Waals surface area contributed by atoms with Gasteiger partial charge in [0.05, 0.1) is 21.1 Å². The van der Waals surface area contributed by atoms with Gasteiger partial charge in [0.15, 0.2) is 6.04 Å². The Morgan fingerprint density at radius 3 is 1.88 bits per heavy atom. The SMILES string of the molecule is CCCCCCCCCCCCCCCCNC(=O)C(Cc1cc2ccccc2[nH]1)[N+](C)(C)C.